The number of carbonyl (C=O) groups excluding carboxylic acids is 1. The van der Waals surface area contributed by atoms with Gasteiger partial charge in [0.05, 0.1) is 5.69 Å². The zero-order valence-electron chi connectivity index (χ0n) is 15.2. The number of nitrogens with zero attached hydrogens (tertiary/aromatic N) is 3. The molecule has 1 amide bonds. The molecule has 1 aromatic rings. The normalized spacial score (nSPS) is 26.6. The van der Waals surface area contributed by atoms with Gasteiger partial charge in [-0.1, -0.05) is 6.92 Å². The molecule has 2 heterocycles. The standard InChI is InChI=1S/C18H29N3O2/c1-7-12-8-15(21(19-12)11(2)3)16-13-9-20(10-14(13)16)17(22)23-18(4,5)6/h8,11,13-14,16H,7,9-10H2,1-6H3. The zero-order valence-corrected chi connectivity index (χ0v) is 15.2. The lowest BCUT2D eigenvalue weighted by Gasteiger charge is -2.26. The molecule has 0 N–H and O–H groups in total. The largest absolute Gasteiger partial charge is 0.444 e. The van der Waals surface area contributed by atoms with Gasteiger partial charge in [0.25, 0.3) is 0 Å². The molecule has 2 fully saturated rings. The molecule has 1 saturated carbocycles. The van der Waals surface area contributed by atoms with Crippen LogP contribution in [0.3, 0.4) is 0 Å². The van der Waals surface area contributed by atoms with E-state index in [1.54, 1.807) is 0 Å². The Kier molecular flexibility index (Phi) is 3.93. The number of aromatic nitrogens is 2. The van der Waals surface area contributed by atoms with Crippen LogP contribution in [0.15, 0.2) is 6.07 Å². The van der Waals surface area contributed by atoms with E-state index in [1.807, 2.05) is 25.7 Å². The molecule has 23 heavy (non-hydrogen) atoms. The van der Waals surface area contributed by atoms with Crippen LogP contribution in [0, 0.1) is 11.8 Å². The fourth-order valence-corrected chi connectivity index (χ4v) is 3.74. The maximum Gasteiger partial charge on any atom is 0.410 e. The van der Waals surface area contributed by atoms with Gasteiger partial charge in [0.2, 0.25) is 0 Å². The summed E-state index contributed by atoms with van der Waals surface area (Å²) in [5.74, 6) is 1.70. The van der Waals surface area contributed by atoms with Crippen LogP contribution in [-0.4, -0.2) is 39.5 Å². The van der Waals surface area contributed by atoms with E-state index in [0.717, 1.165) is 19.5 Å². The fourth-order valence-electron chi connectivity index (χ4n) is 3.74. The first-order chi connectivity index (χ1) is 10.7. The van der Waals surface area contributed by atoms with Gasteiger partial charge in [-0.3, -0.25) is 4.68 Å². The summed E-state index contributed by atoms with van der Waals surface area (Å²) in [5.41, 5.74) is 2.11. The van der Waals surface area contributed by atoms with E-state index < -0.39 is 5.60 Å². The predicted octanol–water partition coefficient (Wildman–Crippen LogP) is 3.61. The summed E-state index contributed by atoms with van der Waals surface area (Å²) in [5, 5.41) is 4.73. The van der Waals surface area contributed by atoms with Crippen molar-refractivity contribution in [1.82, 2.24) is 14.7 Å². The molecular weight excluding hydrogens is 290 g/mol. The molecule has 1 saturated heterocycles. The van der Waals surface area contributed by atoms with E-state index in [-0.39, 0.29) is 6.09 Å². The molecule has 1 aliphatic carbocycles. The Morgan fingerprint density at radius 2 is 1.96 bits per heavy atom. The second-order valence-corrected chi connectivity index (χ2v) is 8.19. The molecule has 1 aliphatic heterocycles. The number of hydrogen-bond donors (Lipinski definition) is 0. The minimum Gasteiger partial charge on any atom is -0.444 e. The molecule has 128 valence electrons. The molecule has 2 unspecified atom stereocenters. The maximum absolute atomic E-state index is 12.2. The van der Waals surface area contributed by atoms with E-state index in [0.29, 0.717) is 23.8 Å². The van der Waals surface area contributed by atoms with Crippen molar-refractivity contribution in [2.75, 3.05) is 13.1 Å². The Labute approximate surface area is 139 Å². The van der Waals surface area contributed by atoms with Crippen LogP contribution in [0.1, 0.15) is 64.9 Å². The molecule has 0 radical (unpaired) electrons. The van der Waals surface area contributed by atoms with Crippen LogP contribution in [0.5, 0.6) is 0 Å². The number of fused-ring (bicyclic) bond motifs is 1. The number of rotatable bonds is 3. The van der Waals surface area contributed by atoms with Crippen molar-refractivity contribution in [3.8, 4) is 0 Å². The van der Waals surface area contributed by atoms with Crippen LogP contribution in [0.2, 0.25) is 0 Å². The molecule has 1 aromatic heterocycles. The Balaban J connectivity index is 1.66. The molecule has 5 nitrogen and oxygen atoms in total. The average molecular weight is 319 g/mol. The van der Waals surface area contributed by atoms with Gasteiger partial charge in [-0.05, 0) is 58.9 Å². The number of ether oxygens (including phenoxy) is 1. The fraction of sp³-hybridized carbons (Fsp3) is 0.778. The molecule has 2 aliphatic rings. The van der Waals surface area contributed by atoms with E-state index >= 15 is 0 Å². The van der Waals surface area contributed by atoms with Crippen molar-refractivity contribution < 1.29 is 9.53 Å². The maximum atomic E-state index is 12.2. The van der Waals surface area contributed by atoms with E-state index in [1.165, 1.54) is 11.4 Å². The number of amides is 1. The highest BCUT2D eigenvalue weighted by atomic mass is 16.6. The summed E-state index contributed by atoms with van der Waals surface area (Å²) in [6, 6.07) is 2.65. The SMILES string of the molecule is CCc1cc(C2C3CN(C(=O)OC(C)(C)C)CC32)n(C(C)C)n1. The highest BCUT2D eigenvalue weighted by Gasteiger charge is 2.59. The summed E-state index contributed by atoms with van der Waals surface area (Å²) < 4.78 is 7.66. The lowest BCUT2D eigenvalue weighted by Crippen LogP contribution is -2.37. The summed E-state index contributed by atoms with van der Waals surface area (Å²) in [6.07, 6.45) is 0.800. The average Bonchev–Trinajstić information content (AvgIpc) is 2.85. The second kappa shape index (κ2) is 5.53. The Morgan fingerprint density at radius 1 is 1.35 bits per heavy atom. The molecule has 0 aromatic carbocycles. The zero-order chi connectivity index (χ0) is 16.9. The van der Waals surface area contributed by atoms with E-state index in [9.17, 15) is 4.79 Å². The second-order valence-electron chi connectivity index (χ2n) is 8.19. The van der Waals surface area contributed by atoms with Crippen molar-refractivity contribution in [3.05, 3.63) is 17.5 Å². The summed E-state index contributed by atoms with van der Waals surface area (Å²) in [6.45, 7) is 13.9. The van der Waals surface area contributed by atoms with Gasteiger partial charge in [-0.2, -0.15) is 5.10 Å². The van der Waals surface area contributed by atoms with E-state index in [4.69, 9.17) is 9.84 Å². The van der Waals surface area contributed by atoms with Crippen LogP contribution < -0.4 is 0 Å². The molecule has 5 heteroatoms. The van der Waals surface area contributed by atoms with Crippen molar-refractivity contribution in [2.24, 2.45) is 11.8 Å². The lowest BCUT2D eigenvalue weighted by atomic mass is 10.1. The quantitative estimate of drug-likeness (QED) is 0.855. The van der Waals surface area contributed by atoms with Crippen molar-refractivity contribution in [1.29, 1.82) is 0 Å². The topological polar surface area (TPSA) is 47.4 Å². The Hall–Kier alpha value is -1.52. The minimum atomic E-state index is -0.421. The van der Waals surface area contributed by atoms with Crippen molar-refractivity contribution in [2.45, 2.75) is 65.5 Å². The number of piperidine rings is 1. The van der Waals surface area contributed by atoms with E-state index in [2.05, 4.69) is 31.5 Å². The highest BCUT2D eigenvalue weighted by molar-refractivity contribution is 5.69. The molecule has 0 bridgehead atoms. The van der Waals surface area contributed by atoms with Crippen LogP contribution in [-0.2, 0) is 11.2 Å². The van der Waals surface area contributed by atoms with Gasteiger partial charge in [0.15, 0.2) is 0 Å². The van der Waals surface area contributed by atoms with Crippen LogP contribution in [0.4, 0.5) is 4.79 Å². The van der Waals surface area contributed by atoms with Crippen LogP contribution >= 0.6 is 0 Å². The van der Waals surface area contributed by atoms with Gasteiger partial charge in [0, 0.05) is 30.7 Å². The summed E-state index contributed by atoms with van der Waals surface area (Å²) in [7, 11) is 0. The number of hydrogen-bond acceptors (Lipinski definition) is 3. The monoisotopic (exact) mass is 319 g/mol. The molecular formula is C18H29N3O2. The first-order valence-corrected chi connectivity index (χ1v) is 8.77. The van der Waals surface area contributed by atoms with Gasteiger partial charge in [-0.15, -0.1) is 0 Å². The van der Waals surface area contributed by atoms with Crippen molar-refractivity contribution in [3.63, 3.8) is 0 Å². The van der Waals surface area contributed by atoms with Crippen LogP contribution in [0.25, 0.3) is 0 Å². The minimum absolute atomic E-state index is 0.171. The predicted molar refractivity (Wildman–Crippen MR) is 89.5 cm³/mol. The first-order valence-electron chi connectivity index (χ1n) is 8.77. The Morgan fingerprint density at radius 3 is 2.43 bits per heavy atom. The summed E-state index contributed by atoms with van der Waals surface area (Å²) >= 11 is 0. The lowest BCUT2D eigenvalue weighted by molar-refractivity contribution is 0.0270. The summed E-state index contributed by atoms with van der Waals surface area (Å²) in [4.78, 5) is 14.1. The first kappa shape index (κ1) is 16.3. The number of likely N-dealkylation sites (tertiary alicyclic amines) is 1. The van der Waals surface area contributed by atoms with Crippen molar-refractivity contribution >= 4 is 6.09 Å². The molecule has 3 rings (SSSR count). The van der Waals surface area contributed by atoms with Gasteiger partial charge < -0.3 is 9.64 Å². The number of aryl methyl sites for hydroxylation is 1. The smallest absolute Gasteiger partial charge is 0.410 e. The molecule has 2 atom stereocenters. The highest BCUT2D eigenvalue weighted by Crippen LogP contribution is 2.58. The molecule has 0 spiro atoms. The van der Waals surface area contributed by atoms with Gasteiger partial charge >= 0.3 is 6.09 Å². The third kappa shape index (κ3) is 3.10. The third-order valence-electron chi connectivity index (χ3n) is 4.85. The van der Waals surface area contributed by atoms with Gasteiger partial charge in [0.1, 0.15) is 5.60 Å². The van der Waals surface area contributed by atoms with Gasteiger partial charge in [-0.25, -0.2) is 4.79 Å². The Bertz CT molecular complexity index is 588. The number of carbonyl (C=O) groups is 1. The third-order valence-corrected chi connectivity index (χ3v) is 4.85.